The van der Waals surface area contributed by atoms with Crippen molar-refractivity contribution >= 4 is 5.69 Å². The summed E-state index contributed by atoms with van der Waals surface area (Å²) >= 11 is 0. The molecule has 1 aliphatic rings. The van der Waals surface area contributed by atoms with E-state index in [9.17, 15) is 17.6 Å². The van der Waals surface area contributed by atoms with Gasteiger partial charge in [-0.05, 0) is 37.1 Å². The third-order valence-electron chi connectivity index (χ3n) is 3.02. The maximum absolute atomic E-state index is 12.7. The van der Waals surface area contributed by atoms with Crippen LogP contribution in [0.2, 0.25) is 0 Å². The number of nitrogens with one attached hydrogen (secondary N) is 1. The van der Waals surface area contributed by atoms with Gasteiger partial charge in [-0.25, -0.2) is 4.39 Å². The molecule has 1 aromatic rings. The first kappa shape index (κ1) is 14.1. The van der Waals surface area contributed by atoms with Gasteiger partial charge in [0.05, 0.1) is 6.54 Å². The highest BCUT2D eigenvalue weighted by molar-refractivity contribution is 5.42. The van der Waals surface area contributed by atoms with E-state index in [1.807, 2.05) is 0 Å². The number of alkyl halides is 3. The molecule has 2 nitrogen and oxygen atoms in total. The second kappa shape index (κ2) is 5.77. The van der Waals surface area contributed by atoms with Crippen molar-refractivity contribution in [2.75, 3.05) is 25.0 Å². The molecule has 1 saturated carbocycles. The number of rotatable bonds is 6. The molecule has 0 radical (unpaired) electrons. The fourth-order valence-electron chi connectivity index (χ4n) is 1.97. The molecular formula is C13H16F4N2. The number of anilines is 1. The molecule has 0 amide bonds. The van der Waals surface area contributed by atoms with Crippen LogP contribution in [0.5, 0.6) is 0 Å². The van der Waals surface area contributed by atoms with Crippen molar-refractivity contribution in [1.29, 1.82) is 0 Å². The number of benzene rings is 1. The molecular weight excluding hydrogens is 260 g/mol. The zero-order valence-electron chi connectivity index (χ0n) is 10.4. The van der Waals surface area contributed by atoms with E-state index in [2.05, 4.69) is 5.32 Å². The van der Waals surface area contributed by atoms with Crippen LogP contribution >= 0.6 is 0 Å². The Balaban J connectivity index is 1.77. The van der Waals surface area contributed by atoms with Gasteiger partial charge in [0.1, 0.15) is 5.82 Å². The van der Waals surface area contributed by atoms with Gasteiger partial charge in [-0.3, -0.25) is 4.90 Å². The molecule has 1 fully saturated rings. The van der Waals surface area contributed by atoms with Crippen molar-refractivity contribution in [1.82, 2.24) is 4.90 Å². The first-order valence-electron chi connectivity index (χ1n) is 6.24. The molecule has 0 bridgehead atoms. The van der Waals surface area contributed by atoms with E-state index in [0.29, 0.717) is 18.8 Å². The maximum atomic E-state index is 12.7. The number of hydrogen-bond donors (Lipinski definition) is 1. The molecule has 0 aromatic heterocycles. The van der Waals surface area contributed by atoms with E-state index < -0.39 is 12.7 Å². The number of hydrogen-bond acceptors (Lipinski definition) is 2. The Kier molecular flexibility index (Phi) is 4.29. The minimum Gasteiger partial charge on any atom is -0.384 e. The summed E-state index contributed by atoms with van der Waals surface area (Å²) < 4.78 is 49.8. The third kappa shape index (κ3) is 5.06. The van der Waals surface area contributed by atoms with Crippen LogP contribution < -0.4 is 5.32 Å². The molecule has 1 aromatic carbocycles. The van der Waals surface area contributed by atoms with Gasteiger partial charge >= 0.3 is 6.18 Å². The molecule has 0 atom stereocenters. The minimum atomic E-state index is -4.15. The lowest BCUT2D eigenvalue weighted by atomic mass is 10.3. The Morgan fingerprint density at radius 3 is 2.32 bits per heavy atom. The molecule has 0 saturated heterocycles. The summed E-state index contributed by atoms with van der Waals surface area (Å²) in [6.45, 7) is -0.109. The predicted octanol–water partition coefficient (Wildman–Crippen LogP) is 3.26. The molecule has 0 unspecified atom stereocenters. The molecule has 0 aliphatic heterocycles. The lowest BCUT2D eigenvalue weighted by molar-refractivity contribution is -0.146. The van der Waals surface area contributed by atoms with Crippen molar-refractivity contribution in [2.45, 2.75) is 25.1 Å². The largest absolute Gasteiger partial charge is 0.401 e. The summed E-state index contributed by atoms with van der Waals surface area (Å²) in [5.41, 5.74) is 0.712. The van der Waals surface area contributed by atoms with E-state index in [-0.39, 0.29) is 11.9 Å². The molecule has 6 heteroatoms. The van der Waals surface area contributed by atoms with E-state index in [4.69, 9.17) is 0 Å². The van der Waals surface area contributed by atoms with E-state index in [1.54, 1.807) is 12.1 Å². The van der Waals surface area contributed by atoms with Crippen molar-refractivity contribution in [3.63, 3.8) is 0 Å². The zero-order chi connectivity index (χ0) is 13.9. The van der Waals surface area contributed by atoms with Gasteiger partial charge in [-0.15, -0.1) is 0 Å². The second-order valence-electron chi connectivity index (χ2n) is 4.75. The Bertz CT molecular complexity index is 398. The fraction of sp³-hybridized carbons (Fsp3) is 0.538. The highest BCUT2D eigenvalue weighted by Gasteiger charge is 2.37. The normalized spacial score (nSPS) is 15.8. The van der Waals surface area contributed by atoms with E-state index in [1.165, 1.54) is 17.0 Å². The predicted molar refractivity (Wildman–Crippen MR) is 65.5 cm³/mol. The monoisotopic (exact) mass is 276 g/mol. The summed E-state index contributed by atoms with van der Waals surface area (Å²) in [7, 11) is 0. The van der Waals surface area contributed by atoms with E-state index >= 15 is 0 Å². The third-order valence-corrected chi connectivity index (χ3v) is 3.02. The second-order valence-corrected chi connectivity index (χ2v) is 4.75. The summed E-state index contributed by atoms with van der Waals surface area (Å²) in [5.74, 6) is -0.331. The summed E-state index contributed by atoms with van der Waals surface area (Å²) in [6, 6.07) is 5.84. The minimum absolute atomic E-state index is 0.0663. The van der Waals surface area contributed by atoms with Crippen LogP contribution in [0.1, 0.15) is 12.8 Å². The van der Waals surface area contributed by atoms with Crippen molar-refractivity contribution < 1.29 is 17.6 Å². The smallest absolute Gasteiger partial charge is 0.384 e. The maximum Gasteiger partial charge on any atom is 0.401 e. The highest BCUT2D eigenvalue weighted by atomic mass is 19.4. The SMILES string of the molecule is Fc1ccc(NCCN(CC(F)(F)F)C2CC2)cc1. The van der Waals surface area contributed by atoms with Crippen LogP contribution in [-0.4, -0.2) is 36.8 Å². The van der Waals surface area contributed by atoms with Gasteiger partial charge in [0.25, 0.3) is 0 Å². The summed E-state index contributed by atoms with van der Waals surface area (Å²) in [5, 5.41) is 3.00. The molecule has 19 heavy (non-hydrogen) atoms. The van der Waals surface area contributed by atoms with E-state index in [0.717, 1.165) is 12.8 Å². The average molecular weight is 276 g/mol. The quantitative estimate of drug-likeness (QED) is 0.802. The molecule has 2 rings (SSSR count). The van der Waals surface area contributed by atoms with Crippen molar-refractivity contribution in [3.8, 4) is 0 Å². The van der Waals surface area contributed by atoms with Gasteiger partial charge in [-0.2, -0.15) is 13.2 Å². The Morgan fingerprint density at radius 1 is 1.16 bits per heavy atom. The zero-order valence-corrected chi connectivity index (χ0v) is 10.4. The fourth-order valence-corrected chi connectivity index (χ4v) is 1.97. The first-order valence-corrected chi connectivity index (χ1v) is 6.24. The molecule has 106 valence electrons. The lowest BCUT2D eigenvalue weighted by Crippen LogP contribution is -2.38. The number of halogens is 4. The molecule has 0 heterocycles. The van der Waals surface area contributed by atoms with Gasteiger partial charge in [0.15, 0.2) is 0 Å². The standard InChI is InChI=1S/C13H16F4N2/c14-10-1-3-11(4-2-10)18-7-8-19(12-5-6-12)9-13(15,16)17/h1-4,12,18H,5-9H2. The topological polar surface area (TPSA) is 15.3 Å². The van der Waals surface area contributed by atoms with Crippen LogP contribution in [0.4, 0.5) is 23.2 Å². The van der Waals surface area contributed by atoms with Crippen LogP contribution in [0.3, 0.4) is 0 Å². The highest BCUT2D eigenvalue weighted by Crippen LogP contribution is 2.29. The Labute approximate surface area is 109 Å². The van der Waals surface area contributed by atoms with Crippen molar-refractivity contribution in [3.05, 3.63) is 30.1 Å². The van der Waals surface area contributed by atoms with Crippen molar-refractivity contribution in [2.24, 2.45) is 0 Å². The van der Waals surface area contributed by atoms with Crippen LogP contribution in [0.15, 0.2) is 24.3 Å². The van der Waals surface area contributed by atoms with Gasteiger partial charge < -0.3 is 5.32 Å². The van der Waals surface area contributed by atoms with Crippen LogP contribution in [-0.2, 0) is 0 Å². The molecule has 1 N–H and O–H groups in total. The average Bonchev–Trinajstić information content (AvgIpc) is 3.13. The first-order chi connectivity index (χ1) is 8.94. The number of nitrogens with zero attached hydrogens (tertiary/aromatic N) is 1. The van der Waals surface area contributed by atoms with Gasteiger partial charge in [-0.1, -0.05) is 0 Å². The summed E-state index contributed by atoms with van der Waals surface area (Å²) in [4.78, 5) is 1.45. The van der Waals surface area contributed by atoms with Crippen LogP contribution in [0, 0.1) is 5.82 Å². The Hall–Kier alpha value is -1.30. The Morgan fingerprint density at radius 2 is 1.79 bits per heavy atom. The summed E-state index contributed by atoms with van der Waals surface area (Å²) in [6.07, 6.45) is -2.47. The molecule has 1 aliphatic carbocycles. The van der Waals surface area contributed by atoms with Gasteiger partial charge in [0, 0.05) is 24.8 Å². The lowest BCUT2D eigenvalue weighted by Gasteiger charge is -2.23. The molecule has 0 spiro atoms. The van der Waals surface area contributed by atoms with Gasteiger partial charge in [0.2, 0.25) is 0 Å². The van der Waals surface area contributed by atoms with Crippen LogP contribution in [0.25, 0.3) is 0 Å².